The Labute approximate surface area is 147 Å². The molecule has 0 aliphatic carbocycles. The predicted octanol–water partition coefficient (Wildman–Crippen LogP) is 3.07. The number of halogens is 1. The van der Waals surface area contributed by atoms with Crippen LogP contribution in [0.1, 0.15) is 13.3 Å². The van der Waals surface area contributed by atoms with Crippen molar-refractivity contribution in [2.24, 2.45) is 0 Å². The molecule has 24 heavy (non-hydrogen) atoms. The van der Waals surface area contributed by atoms with Gasteiger partial charge in [-0.3, -0.25) is 0 Å². The van der Waals surface area contributed by atoms with E-state index in [2.05, 4.69) is 38.5 Å². The summed E-state index contributed by atoms with van der Waals surface area (Å²) in [4.78, 5) is 10.7. The zero-order valence-corrected chi connectivity index (χ0v) is 14.7. The van der Waals surface area contributed by atoms with Gasteiger partial charge in [0, 0.05) is 30.9 Å². The molecule has 0 amide bonds. The van der Waals surface area contributed by atoms with E-state index >= 15 is 0 Å². The molecule has 1 atom stereocenters. The van der Waals surface area contributed by atoms with Gasteiger partial charge in [0.15, 0.2) is 0 Å². The van der Waals surface area contributed by atoms with Crippen LogP contribution in [0.25, 0.3) is 0 Å². The maximum absolute atomic E-state index is 5.81. The molecule has 0 saturated carbocycles. The number of rotatable bonds is 6. The first-order chi connectivity index (χ1) is 11.7. The number of nitrogens with zero attached hydrogens (tertiary/aromatic N) is 3. The van der Waals surface area contributed by atoms with Crippen LogP contribution in [0.2, 0.25) is 5.02 Å². The van der Waals surface area contributed by atoms with Crippen LogP contribution in [0.5, 0.6) is 5.75 Å². The lowest BCUT2D eigenvalue weighted by molar-refractivity contribution is 0.417. The summed E-state index contributed by atoms with van der Waals surface area (Å²) < 4.78 is 5.53. The molecule has 0 bridgehead atoms. The Hall–Kier alpha value is -2.05. The maximum Gasteiger partial charge on any atom is 0.227 e. The van der Waals surface area contributed by atoms with E-state index in [1.807, 2.05) is 12.1 Å². The zero-order chi connectivity index (χ0) is 16.9. The molecule has 7 heteroatoms. The molecule has 1 saturated heterocycles. The molecule has 0 spiro atoms. The van der Waals surface area contributed by atoms with Crippen molar-refractivity contribution in [3.05, 3.63) is 35.6 Å². The molecule has 1 aromatic heterocycles. The number of hydrogen-bond donors (Lipinski definition) is 2. The second-order valence-electron chi connectivity index (χ2n) is 5.72. The molecule has 0 radical (unpaired) electrons. The van der Waals surface area contributed by atoms with Gasteiger partial charge in [0.05, 0.1) is 30.2 Å². The summed E-state index contributed by atoms with van der Waals surface area (Å²) in [7, 11) is 1.67. The van der Waals surface area contributed by atoms with Gasteiger partial charge in [-0.15, -0.1) is 0 Å². The monoisotopic (exact) mass is 347 g/mol. The number of anilines is 3. The fourth-order valence-electron chi connectivity index (χ4n) is 2.93. The van der Waals surface area contributed by atoms with Crippen molar-refractivity contribution >= 4 is 28.9 Å². The quantitative estimate of drug-likeness (QED) is 0.837. The number of ether oxygens (including phenoxy) is 1. The molecule has 1 fully saturated rings. The first-order valence-electron chi connectivity index (χ1n) is 8.10. The number of aromatic nitrogens is 2. The largest absolute Gasteiger partial charge is 0.494 e. The Morgan fingerprint density at radius 3 is 2.83 bits per heavy atom. The van der Waals surface area contributed by atoms with Crippen LogP contribution in [0.15, 0.2) is 30.6 Å². The molecule has 128 valence electrons. The van der Waals surface area contributed by atoms with Crippen LogP contribution < -0.4 is 20.3 Å². The van der Waals surface area contributed by atoms with E-state index < -0.39 is 0 Å². The Morgan fingerprint density at radius 2 is 2.12 bits per heavy atom. The summed E-state index contributed by atoms with van der Waals surface area (Å²) in [6.45, 7) is 5.22. The van der Waals surface area contributed by atoms with E-state index in [-0.39, 0.29) is 0 Å². The van der Waals surface area contributed by atoms with Crippen molar-refractivity contribution in [1.29, 1.82) is 0 Å². The summed E-state index contributed by atoms with van der Waals surface area (Å²) in [6.07, 6.45) is 4.28. The van der Waals surface area contributed by atoms with Crippen LogP contribution in [0, 0.1) is 0 Å². The number of hydrogen-bond acceptors (Lipinski definition) is 6. The second kappa shape index (κ2) is 7.68. The standard InChI is InChI=1S/C17H22ClN5O/c1-3-19-13-6-7-23(11-13)14-4-5-15(16(8-14)24-2)22-17-20-9-12(18)10-21-17/h4-5,8-10,13,19H,3,6-7,11H2,1-2H3,(H,20,21,22)/t13-/m0/s1. The summed E-state index contributed by atoms with van der Waals surface area (Å²) in [5.41, 5.74) is 1.99. The zero-order valence-electron chi connectivity index (χ0n) is 13.9. The third kappa shape index (κ3) is 3.88. The van der Waals surface area contributed by atoms with Gasteiger partial charge in [0.25, 0.3) is 0 Å². The lowest BCUT2D eigenvalue weighted by atomic mass is 10.2. The third-order valence-electron chi connectivity index (χ3n) is 4.10. The average molecular weight is 348 g/mol. The minimum Gasteiger partial charge on any atom is -0.494 e. The second-order valence-corrected chi connectivity index (χ2v) is 6.16. The highest BCUT2D eigenvalue weighted by Gasteiger charge is 2.22. The van der Waals surface area contributed by atoms with Crippen molar-refractivity contribution in [1.82, 2.24) is 15.3 Å². The smallest absolute Gasteiger partial charge is 0.227 e. The number of benzene rings is 1. The van der Waals surface area contributed by atoms with Gasteiger partial charge in [0.1, 0.15) is 5.75 Å². The molecule has 1 aliphatic rings. The van der Waals surface area contributed by atoms with Gasteiger partial charge < -0.3 is 20.3 Å². The fraction of sp³-hybridized carbons (Fsp3) is 0.412. The lowest BCUT2D eigenvalue weighted by Gasteiger charge is -2.21. The van der Waals surface area contributed by atoms with Crippen LogP contribution in [0.4, 0.5) is 17.3 Å². The van der Waals surface area contributed by atoms with E-state index in [1.165, 1.54) is 0 Å². The highest BCUT2D eigenvalue weighted by Crippen LogP contribution is 2.32. The Bertz CT molecular complexity index is 679. The normalized spacial score (nSPS) is 17.1. The van der Waals surface area contributed by atoms with Gasteiger partial charge in [-0.25, -0.2) is 9.97 Å². The van der Waals surface area contributed by atoms with E-state index in [0.717, 1.165) is 43.2 Å². The summed E-state index contributed by atoms with van der Waals surface area (Å²) in [6, 6.07) is 6.69. The highest BCUT2D eigenvalue weighted by molar-refractivity contribution is 6.30. The van der Waals surface area contributed by atoms with Crippen molar-refractivity contribution in [3.63, 3.8) is 0 Å². The molecule has 1 aliphatic heterocycles. The SMILES string of the molecule is CCN[C@H]1CCN(c2ccc(Nc3ncc(Cl)cn3)c(OC)c2)C1. The van der Waals surface area contributed by atoms with Crippen molar-refractivity contribution in [2.45, 2.75) is 19.4 Å². The highest BCUT2D eigenvalue weighted by atomic mass is 35.5. The molecule has 3 rings (SSSR count). The Morgan fingerprint density at radius 1 is 1.33 bits per heavy atom. The molecule has 2 aromatic rings. The van der Waals surface area contributed by atoms with Crippen LogP contribution >= 0.6 is 11.6 Å². The number of nitrogens with one attached hydrogen (secondary N) is 2. The van der Waals surface area contributed by atoms with E-state index in [1.54, 1.807) is 19.5 Å². The maximum atomic E-state index is 5.81. The molecule has 2 heterocycles. The lowest BCUT2D eigenvalue weighted by Crippen LogP contribution is -2.32. The minimum atomic E-state index is 0.485. The van der Waals surface area contributed by atoms with Gasteiger partial charge in [-0.1, -0.05) is 18.5 Å². The topological polar surface area (TPSA) is 62.3 Å². The Balaban J connectivity index is 1.74. The first-order valence-corrected chi connectivity index (χ1v) is 8.48. The van der Waals surface area contributed by atoms with Crippen LogP contribution in [0.3, 0.4) is 0 Å². The van der Waals surface area contributed by atoms with Gasteiger partial charge >= 0.3 is 0 Å². The number of methoxy groups -OCH3 is 1. The van der Waals surface area contributed by atoms with Crippen molar-refractivity contribution in [2.75, 3.05) is 37.0 Å². The fourth-order valence-corrected chi connectivity index (χ4v) is 3.02. The predicted molar refractivity (Wildman–Crippen MR) is 97.6 cm³/mol. The molecular weight excluding hydrogens is 326 g/mol. The van der Waals surface area contributed by atoms with Crippen molar-refractivity contribution in [3.8, 4) is 5.75 Å². The Kier molecular flexibility index (Phi) is 5.37. The van der Waals surface area contributed by atoms with Gasteiger partial charge in [0.2, 0.25) is 5.95 Å². The third-order valence-corrected chi connectivity index (χ3v) is 4.29. The molecular formula is C17H22ClN5O. The van der Waals surface area contributed by atoms with Crippen LogP contribution in [-0.2, 0) is 0 Å². The summed E-state index contributed by atoms with van der Waals surface area (Å²) in [5.74, 6) is 1.25. The van der Waals surface area contributed by atoms with Crippen molar-refractivity contribution < 1.29 is 4.74 Å². The minimum absolute atomic E-state index is 0.485. The molecule has 2 N–H and O–H groups in total. The molecule has 6 nitrogen and oxygen atoms in total. The van der Waals surface area contributed by atoms with Crippen LogP contribution in [-0.4, -0.2) is 42.8 Å². The van der Waals surface area contributed by atoms with E-state index in [9.17, 15) is 0 Å². The average Bonchev–Trinajstić information content (AvgIpc) is 3.06. The van der Waals surface area contributed by atoms with Gasteiger partial charge in [-0.05, 0) is 25.1 Å². The van der Waals surface area contributed by atoms with Gasteiger partial charge in [-0.2, -0.15) is 0 Å². The number of likely N-dealkylation sites (N-methyl/N-ethyl adjacent to an activating group) is 1. The summed E-state index contributed by atoms with van der Waals surface area (Å²) >= 11 is 5.81. The molecule has 1 aromatic carbocycles. The molecule has 0 unspecified atom stereocenters. The van der Waals surface area contributed by atoms with E-state index in [0.29, 0.717) is 17.0 Å². The summed E-state index contributed by atoms with van der Waals surface area (Å²) in [5, 5.41) is 7.18. The van der Waals surface area contributed by atoms with E-state index in [4.69, 9.17) is 16.3 Å². The first kappa shape index (κ1) is 16.8.